The molecular weight excluding hydrogens is 462 g/mol. The van der Waals surface area contributed by atoms with Crippen molar-refractivity contribution < 1.29 is 9.59 Å². The smallest absolute Gasteiger partial charge is 0.271 e. The summed E-state index contributed by atoms with van der Waals surface area (Å²) >= 11 is 5.23. The number of rotatable bonds is 4. The van der Waals surface area contributed by atoms with Gasteiger partial charge < -0.3 is 14.8 Å². The molecule has 1 aromatic carbocycles. The SMILES string of the molecule is CC1(C(=O)NC2CCCC2)Cn2c(cc3sccc32)C(=O)N1Cc1ccccc1Br. The molecule has 5 rings (SSSR count). The van der Waals surface area contributed by atoms with E-state index in [1.165, 1.54) is 0 Å². The van der Waals surface area contributed by atoms with Crippen molar-refractivity contribution in [3.63, 3.8) is 0 Å². The van der Waals surface area contributed by atoms with Crippen molar-refractivity contribution in [1.82, 2.24) is 14.8 Å². The van der Waals surface area contributed by atoms with Crippen molar-refractivity contribution in [3.05, 3.63) is 57.5 Å². The van der Waals surface area contributed by atoms with Crippen molar-refractivity contribution in [2.24, 2.45) is 0 Å². The molecule has 3 aromatic rings. The number of carbonyl (C=O) groups is 2. The number of hydrogen-bond acceptors (Lipinski definition) is 3. The molecule has 1 N–H and O–H groups in total. The summed E-state index contributed by atoms with van der Waals surface area (Å²) in [4.78, 5) is 29.0. The number of thiophene rings is 1. The van der Waals surface area contributed by atoms with E-state index < -0.39 is 5.54 Å². The molecular formula is C23H24BrN3O2S. The second kappa shape index (κ2) is 7.54. The number of carbonyl (C=O) groups excluding carboxylic acids is 2. The fraction of sp³-hybridized carbons (Fsp3) is 0.391. The van der Waals surface area contributed by atoms with Gasteiger partial charge in [-0.05, 0) is 48.9 Å². The van der Waals surface area contributed by atoms with Crippen LogP contribution >= 0.6 is 27.3 Å². The maximum atomic E-state index is 13.7. The zero-order valence-electron chi connectivity index (χ0n) is 16.9. The van der Waals surface area contributed by atoms with E-state index in [9.17, 15) is 9.59 Å². The summed E-state index contributed by atoms with van der Waals surface area (Å²) in [6.07, 6.45) is 4.34. The summed E-state index contributed by atoms with van der Waals surface area (Å²) in [5.41, 5.74) is 1.72. The van der Waals surface area contributed by atoms with Gasteiger partial charge in [-0.15, -0.1) is 11.3 Å². The third-order valence-corrected chi connectivity index (χ3v) is 8.14. The predicted octanol–water partition coefficient (Wildman–Crippen LogP) is 4.94. The van der Waals surface area contributed by atoms with Gasteiger partial charge in [-0.3, -0.25) is 9.59 Å². The Hall–Kier alpha value is -2.12. The number of halogens is 1. The first-order valence-electron chi connectivity index (χ1n) is 10.4. The number of aromatic nitrogens is 1. The Kier molecular flexibility index (Phi) is 4.98. The lowest BCUT2D eigenvalue weighted by molar-refractivity contribution is -0.133. The summed E-state index contributed by atoms with van der Waals surface area (Å²) in [5, 5.41) is 5.28. The third-order valence-electron chi connectivity index (χ3n) is 6.51. The molecule has 5 nitrogen and oxygen atoms in total. The maximum absolute atomic E-state index is 13.7. The van der Waals surface area contributed by atoms with E-state index in [0.29, 0.717) is 18.8 Å². The lowest BCUT2D eigenvalue weighted by Crippen LogP contribution is -2.64. The van der Waals surface area contributed by atoms with E-state index in [0.717, 1.165) is 45.9 Å². The predicted molar refractivity (Wildman–Crippen MR) is 123 cm³/mol. The van der Waals surface area contributed by atoms with Gasteiger partial charge in [0.1, 0.15) is 11.2 Å². The van der Waals surface area contributed by atoms with Crippen LogP contribution in [0.4, 0.5) is 0 Å². The monoisotopic (exact) mass is 485 g/mol. The molecule has 0 saturated heterocycles. The molecule has 0 bridgehead atoms. The molecule has 1 aliphatic heterocycles. The normalized spacial score (nSPS) is 21.9. The van der Waals surface area contributed by atoms with Crippen LogP contribution in [0.2, 0.25) is 0 Å². The Bertz CT molecular complexity index is 1130. The van der Waals surface area contributed by atoms with Gasteiger partial charge in [-0.2, -0.15) is 0 Å². The van der Waals surface area contributed by atoms with E-state index in [2.05, 4.69) is 21.2 Å². The van der Waals surface area contributed by atoms with Crippen LogP contribution in [0.1, 0.15) is 48.7 Å². The first-order chi connectivity index (χ1) is 14.5. The Morgan fingerprint density at radius 1 is 1.27 bits per heavy atom. The molecule has 0 spiro atoms. The number of nitrogens with zero attached hydrogens (tertiary/aromatic N) is 2. The molecule has 30 heavy (non-hydrogen) atoms. The number of fused-ring (bicyclic) bond motifs is 3. The Morgan fingerprint density at radius 3 is 2.80 bits per heavy atom. The average Bonchev–Trinajstić information content (AvgIpc) is 3.45. The fourth-order valence-corrected chi connectivity index (χ4v) is 5.96. The highest BCUT2D eigenvalue weighted by molar-refractivity contribution is 9.10. The summed E-state index contributed by atoms with van der Waals surface area (Å²) in [7, 11) is 0. The topological polar surface area (TPSA) is 54.3 Å². The highest BCUT2D eigenvalue weighted by Gasteiger charge is 2.48. The van der Waals surface area contributed by atoms with Crippen LogP contribution in [0.25, 0.3) is 10.2 Å². The third kappa shape index (κ3) is 3.19. The Morgan fingerprint density at radius 2 is 2.03 bits per heavy atom. The van der Waals surface area contributed by atoms with Gasteiger partial charge >= 0.3 is 0 Å². The van der Waals surface area contributed by atoms with E-state index in [1.54, 1.807) is 16.2 Å². The van der Waals surface area contributed by atoms with E-state index >= 15 is 0 Å². The minimum Gasteiger partial charge on any atom is -0.351 e. The summed E-state index contributed by atoms with van der Waals surface area (Å²) < 4.78 is 4.05. The minimum absolute atomic E-state index is 0.0578. The molecule has 2 aromatic heterocycles. The minimum atomic E-state index is -0.962. The van der Waals surface area contributed by atoms with Crippen LogP contribution in [0.15, 0.2) is 46.3 Å². The van der Waals surface area contributed by atoms with Gasteiger partial charge in [0, 0.05) is 17.1 Å². The lowest BCUT2D eigenvalue weighted by Gasteiger charge is -2.44. The molecule has 7 heteroatoms. The summed E-state index contributed by atoms with van der Waals surface area (Å²) in [6.45, 7) is 2.75. The quantitative estimate of drug-likeness (QED) is 0.568. The highest BCUT2D eigenvalue weighted by Crippen LogP contribution is 2.36. The molecule has 1 unspecified atom stereocenters. The van der Waals surface area contributed by atoms with Gasteiger partial charge in [-0.1, -0.05) is 47.0 Å². The van der Waals surface area contributed by atoms with Crippen LogP contribution in [0.5, 0.6) is 0 Å². The van der Waals surface area contributed by atoms with E-state index in [-0.39, 0.29) is 17.9 Å². The van der Waals surface area contributed by atoms with E-state index in [4.69, 9.17) is 0 Å². The van der Waals surface area contributed by atoms with Crippen molar-refractivity contribution in [3.8, 4) is 0 Å². The van der Waals surface area contributed by atoms with Gasteiger partial charge in [0.2, 0.25) is 5.91 Å². The van der Waals surface area contributed by atoms with Gasteiger partial charge in [0.25, 0.3) is 5.91 Å². The zero-order chi connectivity index (χ0) is 20.9. The molecule has 2 amide bonds. The molecule has 3 heterocycles. The Balaban J connectivity index is 1.57. The largest absolute Gasteiger partial charge is 0.351 e. The average molecular weight is 486 g/mol. The number of benzene rings is 1. The second-order valence-electron chi connectivity index (χ2n) is 8.50. The van der Waals surface area contributed by atoms with Crippen molar-refractivity contribution in [2.75, 3.05) is 0 Å². The number of amides is 2. The second-order valence-corrected chi connectivity index (χ2v) is 10.3. The summed E-state index contributed by atoms with van der Waals surface area (Å²) in [6, 6.07) is 12.1. The lowest BCUT2D eigenvalue weighted by atomic mass is 9.93. The zero-order valence-corrected chi connectivity index (χ0v) is 19.3. The van der Waals surface area contributed by atoms with Crippen molar-refractivity contribution in [1.29, 1.82) is 0 Å². The van der Waals surface area contributed by atoms with Gasteiger partial charge in [0.05, 0.1) is 16.8 Å². The van der Waals surface area contributed by atoms with Gasteiger partial charge in [-0.25, -0.2) is 0 Å². The maximum Gasteiger partial charge on any atom is 0.271 e. The molecule has 0 radical (unpaired) electrons. The molecule has 156 valence electrons. The van der Waals surface area contributed by atoms with Crippen molar-refractivity contribution in [2.45, 2.75) is 57.3 Å². The van der Waals surface area contributed by atoms with E-state index in [1.807, 2.05) is 53.3 Å². The van der Waals surface area contributed by atoms with Crippen LogP contribution in [0, 0.1) is 0 Å². The molecule has 1 aliphatic carbocycles. The molecule has 1 atom stereocenters. The Labute approximate surface area is 188 Å². The first-order valence-corrected chi connectivity index (χ1v) is 12.1. The van der Waals surface area contributed by atoms with Crippen LogP contribution in [-0.4, -0.2) is 32.9 Å². The number of nitrogens with one attached hydrogen (secondary N) is 1. The molecule has 2 aliphatic rings. The van der Waals surface area contributed by atoms with Crippen LogP contribution in [0.3, 0.4) is 0 Å². The van der Waals surface area contributed by atoms with Crippen LogP contribution in [-0.2, 0) is 17.9 Å². The first kappa shape index (κ1) is 19.8. The highest BCUT2D eigenvalue weighted by atomic mass is 79.9. The van der Waals surface area contributed by atoms with Gasteiger partial charge in [0.15, 0.2) is 0 Å². The fourth-order valence-electron chi connectivity index (χ4n) is 4.73. The summed E-state index contributed by atoms with van der Waals surface area (Å²) in [5.74, 6) is -0.151. The molecule has 1 saturated carbocycles. The van der Waals surface area contributed by atoms with Crippen molar-refractivity contribution >= 4 is 49.3 Å². The molecule has 1 fully saturated rings. The standard InChI is InChI=1S/C23H24BrN3O2S/c1-23(22(29)25-16-7-3-4-8-16)14-26-18-10-11-30-20(18)12-19(26)21(28)27(23)13-15-6-2-5-9-17(15)24/h2,5-6,9-12,16H,3-4,7-8,13-14H2,1H3,(H,25,29). The number of hydrogen-bond donors (Lipinski definition) is 1. The van der Waals surface area contributed by atoms with Crippen LogP contribution < -0.4 is 5.32 Å².